The van der Waals surface area contributed by atoms with E-state index in [1.807, 2.05) is 37.3 Å². The van der Waals surface area contributed by atoms with Gasteiger partial charge in [-0.3, -0.25) is 14.4 Å². The van der Waals surface area contributed by atoms with E-state index in [0.717, 1.165) is 5.56 Å². The lowest BCUT2D eigenvalue weighted by Crippen LogP contribution is -2.49. The van der Waals surface area contributed by atoms with Gasteiger partial charge in [-0.25, -0.2) is 0 Å². The molecule has 2 aromatic rings. The Morgan fingerprint density at radius 1 is 0.919 bits per heavy atom. The number of carbonyl (C=O) groups is 3. The smallest absolute Gasteiger partial charge is 0.226 e. The summed E-state index contributed by atoms with van der Waals surface area (Å²) in [6, 6.07) is 16.3. The average Bonchev–Trinajstić information content (AvgIpc) is 2.87. The number of rotatable bonds is 17. The van der Waals surface area contributed by atoms with E-state index in [1.54, 1.807) is 24.3 Å². The number of aliphatic hydroxyl groups excluding tert-OH is 1. The van der Waals surface area contributed by atoms with Crippen LogP contribution >= 0.6 is 11.6 Å². The molecule has 10 heteroatoms. The maximum Gasteiger partial charge on any atom is 0.226 e. The van der Waals surface area contributed by atoms with Gasteiger partial charge in [-0.05, 0) is 30.5 Å². The summed E-state index contributed by atoms with van der Waals surface area (Å²) in [4.78, 5) is 36.8. The van der Waals surface area contributed by atoms with Gasteiger partial charge in [0, 0.05) is 32.5 Å². The second-order valence-corrected chi connectivity index (χ2v) is 9.00. The molecule has 202 valence electrons. The van der Waals surface area contributed by atoms with Gasteiger partial charge in [0.1, 0.15) is 24.6 Å². The van der Waals surface area contributed by atoms with Crippen molar-refractivity contribution in [2.45, 2.75) is 51.3 Å². The van der Waals surface area contributed by atoms with Crippen molar-refractivity contribution < 1.29 is 24.2 Å². The zero-order valence-corrected chi connectivity index (χ0v) is 21.9. The lowest BCUT2D eigenvalue weighted by Gasteiger charge is -2.20. The molecule has 0 aliphatic carbocycles. The number of benzene rings is 2. The highest BCUT2D eigenvalue weighted by Gasteiger charge is 2.16. The lowest BCUT2D eigenvalue weighted by atomic mass is 10.1. The number of para-hydroxylation sites is 1. The molecule has 3 amide bonds. The average molecular weight is 533 g/mol. The van der Waals surface area contributed by atoms with Gasteiger partial charge in [0.05, 0.1) is 11.4 Å². The molecule has 0 fully saturated rings. The fourth-order valence-corrected chi connectivity index (χ4v) is 3.62. The summed E-state index contributed by atoms with van der Waals surface area (Å²) < 4.78 is 5.50. The van der Waals surface area contributed by atoms with Gasteiger partial charge in [-0.15, -0.1) is 0 Å². The topological polar surface area (TPSA) is 129 Å². The SMILES string of the molecule is CCCC(=O)NC(CCC(=O)NCCNCC(O)COc1ccccc1Cl)NC(=O)Cc1ccccc1. The molecule has 0 radical (unpaired) electrons. The Hall–Kier alpha value is -3.14. The summed E-state index contributed by atoms with van der Waals surface area (Å²) in [5.41, 5.74) is 0.865. The minimum atomic E-state index is -0.737. The third kappa shape index (κ3) is 13.1. The monoisotopic (exact) mass is 532 g/mol. The first-order valence-electron chi connectivity index (χ1n) is 12.5. The van der Waals surface area contributed by atoms with Gasteiger partial charge in [0.15, 0.2) is 0 Å². The molecule has 0 heterocycles. The van der Waals surface area contributed by atoms with Crippen LogP contribution < -0.4 is 26.0 Å². The van der Waals surface area contributed by atoms with E-state index in [0.29, 0.717) is 43.2 Å². The molecule has 0 saturated carbocycles. The second-order valence-electron chi connectivity index (χ2n) is 8.59. The van der Waals surface area contributed by atoms with Crippen molar-refractivity contribution in [1.29, 1.82) is 0 Å². The van der Waals surface area contributed by atoms with E-state index < -0.39 is 12.3 Å². The standard InChI is InChI=1S/C27H37ClN4O5/c1-2-8-26(35)31-24(32-27(36)17-20-9-4-3-5-10-20)13-14-25(34)30-16-15-29-18-21(33)19-37-23-12-7-6-11-22(23)28/h3-7,9-12,21,24,29,33H,2,8,13-19H2,1H3,(H,30,34)(H,31,35)(H,32,36). The quantitative estimate of drug-likeness (QED) is 0.157. The molecule has 37 heavy (non-hydrogen) atoms. The Kier molecular flexibility index (Phi) is 14.1. The Labute approximate surface area is 223 Å². The first-order valence-corrected chi connectivity index (χ1v) is 12.9. The molecule has 2 aromatic carbocycles. The molecule has 0 saturated heterocycles. The van der Waals surface area contributed by atoms with Crippen LogP contribution in [0.4, 0.5) is 0 Å². The highest BCUT2D eigenvalue weighted by atomic mass is 35.5. The van der Waals surface area contributed by atoms with Gasteiger partial charge in [0.2, 0.25) is 17.7 Å². The van der Waals surface area contributed by atoms with Crippen LogP contribution in [0.5, 0.6) is 5.75 Å². The van der Waals surface area contributed by atoms with Gasteiger partial charge in [0.25, 0.3) is 0 Å². The second kappa shape index (κ2) is 17.3. The minimum absolute atomic E-state index is 0.0875. The molecule has 0 aromatic heterocycles. The molecule has 0 spiro atoms. The highest BCUT2D eigenvalue weighted by molar-refractivity contribution is 6.32. The number of halogens is 1. The maximum atomic E-state index is 12.4. The Balaban J connectivity index is 1.65. The molecule has 9 nitrogen and oxygen atoms in total. The maximum absolute atomic E-state index is 12.4. The fourth-order valence-electron chi connectivity index (χ4n) is 3.43. The van der Waals surface area contributed by atoms with Crippen LogP contribution in [-0.4, -0.2) is 61.3 Å². The molecule has 5 N–H and O–H groups in total. The van der Waals surface area contributed by atoms with Crippen LogP contribution in [-0.2, 0) is 20.8 Å². The van der Waals surface area contributed by atoms with Gasteiger partial charge >= 0.3 is 0 Å². The summed E-state index contributed by atoms with van der Waals surface area (Å²) in [6.45, 7) is 3.10. The van der Waals surface area contributed by atoms with E-state index in [1.165, 1.54) is 0 Å². The normalized spacial score (nSPS) is 12.3. The number of amides is 3. The minimum Gasteiger partial charge on any atom is -0.489 e. The number of hydrogen-bond acceptors (Lipinski definition) is 6. The summed E-state index contributed by atoms with van der Waals surface area (Å²) in [5, 5.41) is 22.0. The van der Waals surface area contributed by atoms with E-state index >= 15 is 0 Å². The van der Waals surface area contributed by atoms with Crippen molar-refractivity contribution in [2.75, 3.05) is 26.2 Å². The van der Waals surface area contributed by atoms with E-state index in [2.05, 4.69) is 21.3 Å². The van der Waals surface area contributed by atoms with Crippen molar-refractivity contribution in [3.8, 4) is 5.75 Å². The first kappa shape index (κ1) is 30.1. The molecule has 2 unspecified atom stereocenters. The highest BCUT2D eigenvalue weighted by Crippen LogP contribution is 2.23. The fraction of sp³-hybridized carbons (Fsp3) is 0.444. The molecular formula is C27H37ClN4O5. The van der Waals surface area contributed by atoms with Crippen LogP contribution in [0.25, 0.3) is 0 Å². The summed E-state index contributed by atoms with van der Waals surface area (Å²) >= 11 is 6.02. The van der Waals surface area contributed by atoms with Crippen LogP contribution in [0, 0.1) is 0 Å². The number of hydrogen-bond donors (Lipinski definition) is 5. The summed E-state index contributed by atoms with van der Waals surface area (Å²) in [6.07, 6.45) is 0.257. The van der Waals surface area contributed by atoms with Gasteiger partial charge in [-0.1, -0.05) is 61.0 Å². The zero-order valence-electron chi connectivity index (χ0n) is 21.2. The molecule has 0 aliphatic rings. The van der Waals surface area contributed by atoms with Gasteiger partial charge < -0.3 is 31.1 Å². The van der Waals surface area contributed by atoms with Crippen molar-refractivity contribution in [2.24, 2.45) is 0 Å². The third-order valence-electron chi connectivity index (χ3n) is 5.29. The Morgan fingerprint density at radius 2 is 1.62 bits per heavy atom. The van der Waals surface area contributed by atoms with Crippen LogP contribution in [0.3, 0.4) is 0 Å². The van der Waals surface area contributed by atoms with Crippen LogP contribution in [0.15, 0.2) is 54.6 Å². The Bertz CT molecular complexity index is 976. The van der Waals surface area contributed by atoms with Crippen molar-refractivity contribution in [3.63, 3.8) is 0 Å². The number of aliphatic hydroxyl groups is 1. The van der Waals surface area contributed by atoms with E-state index in [9.17, 15) is 19.5 Å². The van der Waals surface area contributed by atoms with Crippen molar-refractivity contribution in [3.05, 3.63) is 65.2 Å². The Morgan fingerprint density at radius 3 is 2.35 bits per heavy atom. The number of nitrogens with one attached hydrogen (secondary N) is 4. The third-order valence-corrected chi connectivity index (χ3v) is 5.60. The van der Waals surface area contributed by atoms with Crippen molar-refractivity contribution in [1.82, 2.24) is 21.3 Å². The molecule has 2 atom stereocenters. The van der Waals surface area contributed by atoms with Crippen LogP contribution in [0.2, 0.25) is 5.02 Å². The number of carbonyl (C=O) groups excluding carboxylic acids is 3. The molecule has 0 aliphatic heterocycles. The predicted octanol–water partition coefficient (Wildman–Crippen LogP) is 2.17. The van der Waals surface area contributed by atoms with E-state index in [-0.39, 0.29) is 43.6 Å². The molecule has 0 bridgehead atoms. The summed E-state index contributed by atoms with van der Waals surface area (Å²) in [5.74, 6) is -0.0868. The van der Waals surface area contributed by atoms with Crippen molar-refractivity contribution >= 4 is 29.3 Å². The van der Waals surface area contributed by atoms with E-state index in [4.69, 9.17) is 16.3 Å². The largest absolute Gasteiger partial charge is 0.489 e. The lowest BCUT2D eigenvalue weighted by molar-refractivity contribution is -0.126. The van der Waals surface area contributed by atoms with Crippen LogP contribution in [0.1, 0.15) is 38.2 Å². The molecule has 2 rings (SSSR count). The number of ether oxygens (including phenoxy) is 1. The zero-order chi connectivity index (χ0) is 26.9. The van der Waals surface area contributed by atoms with Gasteiger partial charge in [-0.2, -0.15) is 0 Å². The first-order chi connectivity index (χ1) is 17.9. The molecular weight excluding hydrogens is 496 g/mol. The summed E-state index contributed by atoms with van der Waals surface area (Å²) in [7, 11) is 0. The predicted molar refractivity (Wildman–Crippen MR) is 143 cm³/mol.